The lowest BCUT2D eigenvalue weighted by atomic mass is 10.1. The van der Waals surface area contributed by atoms with Crippen LogP contribution in [-0.4, -0.2) is 35.2 Å². The second-order valence-corrected chi connectivity index (χ2v) is 8.03. The van der Waals surface area contributed by atoms with E-state index in [-0.39, 0.29) is 23.8 Å². The summed E-state index contributed by atoms with van der Waals surface area (Å²) in [6.07, 6.45) is 0.578. The number of aryl methyl sites for hydroxylation is 1. The normalized spacial score (nSPS) is 13.5. The van der Waals surface area contributed by atoms with Crippen LogP contribution in [-0.2, 0) is 16.0 Å². The maximum atomic E-state index is 12.5. The summed E-state index contributed by atoms with van der Waals surface area (Å²) in [7, 11) is 0. The van der Waals surface area contributed by atoms with Crippen molar-refractivity contribution < 1.29 is 19.5 Å². The van der Waals surface area contributed by atoms with Gasteiger partial charge < -0.3 is 15.3 Å². The van der Waals surface area contributed by atoms with Gasteiger partial charge in [0.15, 0.2) is 0 Å². The third-order valence-electron chi connectivity index (χ3n) is 4.14. The zero-order chi connectivity index (χ0) is 18.8. The lowest BCUT2D eigenvalue weighted by molar-refractivity contribution is -0.120. The van der Waals surface area contributed by atoms with Crippen LogP contribution in [0.25, 0.3) is 0 Å². The standard InChI is InChI=1S/C18H18N2O4S2/c1-3-11-10(2)26-17(16(11)18(23)24)19-14(21)8-20-12-6-4-5-7-13(12)25-9-15(20)22/h4-7H,3,8-9H2,1-2H3,(H,19,21)(H,23,24). The summed E-state index contributed by atoms with van der Waals surface area (Å²) < 4.78 is 0. The maximum Gasteiger partial charge on any atom is 0.339 e. The smallest absolute Gasteiger partial charge is 0.339 e. The number of anilines is 2. The van der Waals surface area contributed by atoms with Crippen LogP contribution >= 0.6 is 23.1 Å². The number of carboxylic acid groups (broad SMARTS) is 1. The van der Waals surface area contributed by atoms with Crippen molar-refractivity contribution in [1.29, 1.82) is 0 Å². The van der Waals surface area contributed by atoms with E-state index in [4.69, 9.17) is 0 Å². The molecule has 2 N–H and O–H groups in total. The number of aromatic carboxylic acids is 1. The molecule has 0 radical (unpaired) electrons. The molecule has 0 unspecified atom stereocenters. The third-order valence-corrected chi connectivity index (χ3v) is 6.25. The van der Waals surface area contributed by atoms with Crippen molar-refractivity contribution >= 4 is 51.6 Å². The minimum absolute atomic E-state index is 0.140. The number of hydrogen-bond donors (Lipinski definition) is 2. The van der Waals surface area contributed by atoms with Gasteiger partial charge in [-0.25, -0.2) is 4.79 Å². The minimum atomic E-state index is -1.06. The highest BCUT2D eigenvalue weighted by atomic mass is 32.2. The van der Waals surface area contributed by atoms with E-state index in [1.807, 2.05) is 32.0 Å². The summed E-state index contributed by atoms with van der Waals surface area (Å²) in [5.41, 5.74) is 1.58. The Morgan fingerprint density at radius 1 is 1.31 bits per heavy atom. The highest BCUT2D eigenvalue weighted by molar-refractivity contribution is 8.00. The van der Waals surface area contributed by atoms with Crippen molar-refractivity contribution in [2.75, 3.05) is 22.5 Å². The van der Waals surface area contributed by atoms with Gasteiger partial charge in [0, 0.05) is 9.77 Å². The van der Waals surface area contributed by atoms with Crippen molar-refractivity contribution in [3.8, 4) is 0 Å². The fourth-order valence-electron chi connectivity index (χ4n) is 2.96. The predicted octanol–water partition coefficient (Wildman–Crippen LogP) is 3.39. The summed E-state index contributed by atoms with van der Waals surface area (Å²) in [4.78, 5) is 39.6. The van der Waals surface area contributed by atoms with E-state index in [1.165, 1.54) is 28.0 Å². The number of hydrogen-bond acceptors (Lipinski definition) is 5. The molecule has 0 fully saturated rings. The number of thiophene rings is 1. The molecule has 3 rings (SSSR count). The van der Waals surface area contributed by atoms with E-state index in [2.05, 4.69) is 5.32 Å². The molecule has 1 aliphatic rings. The molecule has 6 nitrogen and oxygen atoms in total. The number of thioether (sulfide) groups is 1. The predicted molar refractivity (Wildman–Crippen MR) is 104 cm³/mol. The van der Waals surface area contributed by atoms with Gasteiger partial charge in [-0.05, 0) is 31.0 Å². The molecule has 136 valence electrons. The summed E-state index contributed by atoms with van der Waals surface area (Å²) in [5, 5.41) is 12.5. The first-order valence-electron chi connectivity index (χ1n) is 8.10. The molecule has 1 aliphatic heterocycles. The van der Waals surface area contributed by atoms with Crippen LogP contribution in [0.3, 0.4) is 0 Å². The third kappa shape index (κ3) is 3.47. The summed E-state index contributed by atoms with van der Waals surface area (Å²) in [6.45, 7) is 3.58. The second-order valence-electron chi connectivity index (χ2n) is 5.78. The molecule has 2 amide bonds. The van der Waals surface area contributed by atoms with Crippen LogP contribution < -0.4 is 10.2 Å². The number of nitrogens with one attached hydrogen (secondary N) is 1. The Balaban J connectivity index is 1.82. The van der Waals surface area contributed by atoms with Crippen LogP contribution in [0.4, 0.5) is 10.7 Å². The molecule has 1 aromatic heterocycles. The summed E-state index contributed by atoms with van der Waals surface area (Å²) in [5.74, 6) is -1.33. The fourth-order valence-corrected chi connectivity index (χ4v) is 5.04. The second kappa shape index (κ2) is 7.51. The molecule has 0 saturated carbocycles. The highest BCUT2D eigenvalue weighted by Gasteiger charge is 2.27. The van der Waals surface area contributed by atoms with Gasteiger partial charge in [0.2, 0.25) is 11.8 Å². The first kappa shape index (κ1) is 18.5. The topological polar surface area (TPSA) is 86.7 Å². The first-order chi connectivity index (χ1) is 12.4. The number of carbonyl (C=O) groups is 3. The molecule has 2 aromatic rings. The minimum Gasteiger partial charge on any atom is -0.478 e. The zero-order valence-corrected chi connectivity index (χ0v) is 16.0. The molecule has 0 atom stereocenters. The summed E-state index contributed by atoms with van der Waals surface area (Å²) in [6, 6.07) is 7.43. The highest BCUT2D eigenvalue weighted by Crippen LogP contribution is 2.36. The maximum absolute atomic E-state index is 12.5. The number of nitrogens with zero attached hydrogens (tertiary/aromatic N) is 1. The van der Waals surface area contributed by atoms with Crippen molar-refractivity contribution in [2.45, 2.75) is 25.2 Å². The van der Waals surface area contributed by atoms with Gasteiger partial charge in [-0.1, -0.05) is 19.1 Å². The molecule has 26 heavy (non-hydrogen) atoms. The van der Waals surface area contributed by atoms with E-state index in [0.29, 0.717) is 17.1 Å². The van der Waals surface area contributed by atoms with Gasteiger partial charge in [-0.3, -0.25) is 9.59 Å². The molecule has 0 bridgehead atoms. The van der Waals surface area contributed by atoms with Gasteiger partial charge in [0.1, 0.15) is 11.5 Å². The lowest BCUT2D eigenvalue weighted by Crippen LogP contribution is -2.41. The van der Waals surface area contributed by atoms with Crippen molar-refractivity contribution in [3.05, 3.63) is 40.3 Å². The van der Waals surface area contributed by atoms with Crippen molar-refractivity contribution in [3.63, 3.8) is 0 Å². The molecule has 0 saturated heterocycles. The van der Waals surface area contributed by atoms with E-state index < -0.39 is 11.9 Å². The van der Waals surface area contributed by atoms with E-state index >= 15 is 0 Å². The van der Waals surface area contributed by atoms with Gasteiger partial charge >= 0.3 is 5.97 Å². The van der Waals surface area contributed by atoms with Gasteiger partial charge in [0.25, 0.3) is 0 Å². The molecule has 0 spiro atoms. The number of para-hydroxylation sites is 1. The summed E-state index contributed by atoms with van der Waals surface area (Å²) >= 11 is 2.70. The number of rotatable bonds is 5. The molecular weight excluding hydrogens is 372 g/mol. The fraction of sp³-hybridized carbons (Fsp3) is 0.278. The first-order valence-corrected chi connectivity index (χ1v) is 9.90. The quantitative estimate of drug-likeness (QED) is 0.817. The van der Waals surface area contributed by atoms with Crippen LogP contribution in [0.15, 0.2) is 29.2 Å². The Morgan fingerprint density at radius 3 is 2.73 bits per heavy atom. The Morgan fingerprint density at radius 2 is 2.04 bits per heavy atom. The van der Waals surface area contributed by atoms with Crippen molar-refractivity contribution in [1.82, 2.24) is 0 Å². The number of fused-ring (bicyclic) bond motifs is 1. The number of amides is 2. The van der Waals surface area contributed by atoms with Gasteiger partial charge in [-0.15, -0.1) is 23.1 Å². The molecular formula is C18H18N2O4S2. The van der Waals surface area contributed by atoms with Crippen molar-refractivity contribution in [2.24, 2.45) is 0 Å². The lowest BCUT2D eigenvalue weighted by Gasteiger charge is -2.28. The molecule has 8 heteroatoms. The van der Waals surface area contributed by atoms with Gasteiger partial charge in [0.05, 0.1) is 17.0 Å². The Labute approximate surface area is 159 Å². The van der Waals surface area contributed by atoms with E-state index in [9.17, 15) is 19.5 Å². The number of benzene rings is 1. The van der Waals surface area contributed by atoms with E-state index in [1.54, 1.807) is 6.07 Å². The zero-order valence-electron chi connectivity index (χ0n) is 14.4. The molecule has 0 aliphatic carbocycles. The van der Waals surface area contributed by atoms with Crippen LogP contribution in [0.5, 0.6) is 0 Å². The van der Waals surface area contributed by atoms with Crippen LogP contribution in [0.1, 0.15) is 27.7 Å². The average molecular weight is 390 g/mol. The van der Waals surface area contributed by atoms with Gasteiger partial charge in [-0.2, -0.15) is 0 Å². The number of carbonyl (C=O) groups excluding carboxylic acids is 2. The number of carboxylic acids is 1. The van der Waals surface area contributed by atoms with E-state index in [0.717, 1.165) is 15.3 Å². The average Bonchev–Trinajstić information content (AvgIpc) is 2.92. The van der Waals surface area contributed by atoms with Crippen LogP contribution in [0.2, 0.25) is 0 Å². The largest absolute Gasteiger partial charge is 0.478 e. The Hall–Kier alpha value is -2.32. The Bertz CT molecular complexity index is 891. The molecule has 2 heterocycles. The monoisotopic (exact) mass is 390 g/mol. The SMILES string of the molecule is CCc1c(C)sc(NC(=O)CN2C(=O)CSc3ccccc32)c1C(=O)O. The molecule has 1 aromatic carbocycles. The Kier molecular flexibility index (Phi) is 5.33. The van der Waals surface area contributed by atoms with Crippen LogP contribution in [0, 0.1) is 6.92 Å².